The van der Waals surface area contributed by atoms with Crippen molar-refractivity contribution in [3.63, 3.8) is 0 Å². The second-order valence-corrected chi connectivity index (χ2v) is 4.94. The zero-order chi connectivity index (χ0) is 10.3. The summed E-state index contributed by atoms with van der Waals surface area (Å²) in [6.07, 6.45) is 0. The zero-order valence-electron chi connectivity index (χ0n) is 7.19. The van der Waals surface area contributed by atoms with Crippen molar-refractivity contribution in [2.75, 3.05) is 0 Å². The average Bonchev–Trinajstić information content (AvgIpc) is 1.90. The van der Waals surface area contributed by atoms with Gasteiger partial charge in [0.15, 0.2) is 0 Å². The first-order chi connectivity index (χ1) is 5.67. The van der Waals surface area contributed by atoms with Crippen LogP contribution in [0.5, 0.6) is 0 Å². The molecule has 74 valence electrons. The summed E-state index contributed by atoms with van der Waals surface area (Å²) in [6.45, 7) is 2.76. The molecule has 0 atom stereocenters. The van der Waals surface area contributed by atoms with Crippen molar-refractivity contribution >= 4 is 13.2 Å². The van der Waals surface area contributed by atoms with Crippen molar-refractivity contribution in [2.45, 2.75) is 13.8 Å². The van der Waals surface area contributed by atoms with Gasteiger partial charge in [0.1, 0.15) is 0 Å². The van der Waals surface area contributed by atoms with Gasteiger partial charge in [-0.25, -0.2) is 0 Å². The van der Waals surface area contributed by atoms with Gasteiger partial charge in [0.05, 0.1) is 0 Å². The zero-order valence-corrected chi connectivity index (χ0v) is 8.09. The number of hydrogen-bond acceptors (Lipinski definition) is 0. The molecule has 0 amide bonds. The Labute approximate surface area is 74.0 Å². The Kier molecular flexibility index (Phi) is 2.15. The van der Waals surface area contributed by atoms with E-state index in [0.717, 1.165) is 6.07 Å². The summed E-state index contributed by atoms with van der Waals surface area (Å²) in [7, 11) is -7.57. The molecule has 0 aromatic heterocycles. The molecule has 0 aliphatic heterocycles. The van der Waals surface area contributed by atoms with Crippen LogP contribution in [0.4, 0.5) is 16.8 Å². The van der Waals surface area contributed by atoms with Gasteiger partial charge in [0.25, 0.3) is 0 Å². The molecule has 0 unspecified atom stereocenters. The molecule has 0 aliphatic carbocycles. The Morgan fingerprint density at radius 3 is 1.92 bits per heavy atom. The van der Waals surface area contributed by atoms with Crippen molar-refractivity contribution in [3.8, 4) is 0 Å². The number of benzene rings is 1. The van der Waals surface area contributed by atoms with Crippen LogP contribution in [0.3, 0.4) is 0 Å². The molecular weight excluding hydrogens is 203 g/mol. The average molecular weight is 212 g/mol. The molecule has 0 bridgehead atoms. The molecule has 0 spiro atoms. The van der Waals surface area contributed by atoms with Crippen molar-refractivity contribution in [1.82, 2.24) is 0 Å². The van der Waals surface area contributed by atoms with E-state index in [1.807, 2.05) is 0 Å². The van der Waals surface area contributed by atoms with Gasteiger partial charge in [-0.2, -0.15) is 0 Å². The van der Waals surface area contributed by atoms with Crippen LogP contribution in [-0.2, 0) is 0 Å². The quantitative estimate of drug-likeness (QED) is 0.487. The van der Waals surface area contributed by atoms with Gasteiger partial charge in [0.2, 0.25) is 0 Å². The van der Waals surface area contributed by atoms with Gasteiger partial charge < -0.3 is 0 Å². The fraction of sp³-hybridized carbons (Fsp3) is 0.250. The monoisotopic (exact) mass is 212 g/mol. The van der Waals surface area contributed by atoms with Crippen molar-refractivity contribution in [1.29, 1.82) is 0 Å². The van der Waals surface area contributed by atoms with E-state index in [1.165, 1.54) is 26.0 Å². The van der Waals surface area contributed by atoms with Gasteiger partial charge in [-0.05, 0) is 0 Å². The van der Waals surface area contributed by atoms with Crippen LogP contribution >= 0.6 is 7.85 Å². The molecule has 1 aromatic carbocycles. The van der Waals surface area contributed by atoms with Crippen LogP contribution in [0, 0.1) is 13.8 Å². The fourth-order valence-electron chi connectivity index (χ4n) is 1.08. The maximum atomic E-state index is 12.4. The summed E-state index contributed by atoms with van der Waals surface area (Å²) in [5.41, 5.74) is 0.360. The number of rotatable bonds is 1. The number of hydrogen-bond donors (Lipinski definition) is 0. The first-order valence-electron chi connectivity index (χ1n) is 3.64. The Hall–Kier alpha value is -0.630. The summed E-state index contributed by atoms with van der Waals surface area (Å²) in [5.74, 6) is 0. The van der Waals surface area contributed by atoms with Gasteiger partial charge in [-0.1, -0.05) is 0 Å². The first-order valence-corrected chi connectivity index (χ1v) is 5.44. The third kappa shape index (κ3) is 2.41. The normalized spacial score (nSPS) is 15.1. The van der Waals surface area contributed by atoms with E-state index in [2.05, 4.69) is 0 Å². The standard InChI is InChI=1S/C8H9F4P/c1-6-3-4-7(2)8(5-6)13(9,10,11)12/h3-5H,1-2H3. The van der Waals surface area contributed by atoms with Crippen molar-refractivity contribution in [3.05, 3.63) is 29.3 Å². The molecule has 0 N–H and O–H groups in total. The van der Waals surface area contributed by atoms with Gasteiger partial charge in [-0.15, -0.1) is 0 Å². The van der Waals surface area contributed by atoms with E-state index >= 15 is 0 Å². The molecule has 0 saturated carbocycles. The Morgan fingerprint density at radius 2 is 1.54 bits per heavy atom. The van der Waals surface area contributed by atoms with Crippen LogP contribution in [0.2, 0.25) is 0 Å². The topological polar surface area (TPSA) is 0 Å². The van der Waals surface area contributed by atoms with Crippen LogP contribution in [-0.4, -0.2) is 0 Å². The van der Waals surface area contributed by atoms with Crippen LogP contribution in [0.25, 0.3) is 0 Å². The molecular formula is C8H9F4P. The van der Waals surface area contributed by atoms with Crippen LogP contribution in [0.1, 0.15) is 11.1 Å². The Bertz CT molecular complexity index is 330. The van der Waals surface area contributed by atoms with E-state index in [1.54, 1.807) is 0 Å². The Morgan fingerprint density at radius 1 is 1.00 bits per heavy atom. The summed E-state index contributed by atoms with van der Waals surface area (Å²) in [4.78, 5) is 0. The van der Waals surface area contributed by atoms with Crippen molar-refractivity contribution in [2.24, 2.45) is 0 Å². The maximum absolute atomic E-state index is 12.4. The molecule has 0 aliphatic rings. The van der Waals surface area contributed by atoms with Crippen LogP contribution < -0.4 is 5.30 Å². The minimum atomic E-state index is -7.57. The summed E-state index contributed by atoms with van der Waals surface area (Å²) in [6, 6.07) is 3.67. The third-order valence-corrected chi connectivity index (χ3v) is 2.94. The second kappa shape index (κ2) is 2.68. The van der Waals surface area contributed by atoms with Crippen LogP contribution in [0.15, 0.2) is 18.2 Å². The second-order valence-electron chi connectivity index (χ2n) is 3.01. The number of halogens is 4. The summed E-state index contributed by atoms with van der Waals surface area (Å²) < 4.78 is 49.5. The Balaban J connectivity index is 3.38. The van der Waals surface area contributed by atoms with Gasteiger partial charge in [0, 0.05) is 0 Å². The van der Waals surface area contributed by atoms with E-state index in [-0.39, 0.29) is 5.56 Å². The molecule has 0 saturated heterocycles. The van der Waals surface area contributed by atoms with Crippen molar-refractivity contribution < 1.29 is 16.8 Å². The molecule has 0 fully saturated rings. The molecule has 0 heterocycles. The van der Waals surface area contributed by atoms with E-state index < -0.39 is 13.2 Å². The predicted octanol–water partition coefficient (Wildman–Crippen LogP) is 4.02. The van der Waals surface area contributed by atoms with E-state index in [4.69, 9.17) is 0 Å². The molecule has 0 radical (unpaired) electrons. The molecule has 0 nitrogen and oxygen atoms in total. The van der Waals surface area contributed by atoms with E-state index in [0.29, 0.717) is 5.56 Å². The summed E-state index contributed by atoms with van der Waals surface area (Å²) in [5, 5.41) is -1.09. The van der Waals surface area contributed by atoms with Gasteiger partial charge in [-0.3, -0.25) is 0 Å². The predicted molar refractivity (Wildman–Crippen MR) is 46.9 cm³/mol. The minimum absolute atomic E-state index is 0.0572. The SMILES string of the molecule is Cc1ccc(C)c(P(F)(F)(F)F)c1. The third-order valence-electron chi connectivity index (χ3n) is 1.73. The first kappa shape index (κ1) is 10.5. The molecule has 1 aromatic rings. The molecule has 13 heavy (non-hydrogen) atoms. The van der Waals surface area contributed by atoms with E-state index in [9.17, 15) is 16.8 Å². The molecule has 5 heteroatoms. The fourth-order valence-corrected chi connectivity index (χ4v) is 2.09. The summed E-state index contributed by atoms with van der Waals surface area (Å²) >= 11 is 0. The number of aryl methyl sites for hydroxylation is 2. The molecule has 1 rings (SSSR count). The van der Waals surface area contributed by atoms with Gasteiger partial charge >= 0.3 is 73.1 Å².